The van der Waals surface area contributed by atoms with Crippen LogP contribution in [0.15, 0.2) is 10.2 Å². The number of hydrogen-bond donors (Lipinski definition) is 4. The summed E-state index contributed by atoms with van der Waals surface area (Å²) in [5, 5.41) is 8.13. The molecule has 8 N–H and O–H groups in total. The first-order valence-corrected chi connectivity index (χ1v) is 4.56. The van der Waals surface area contributed by atoms with Crippen molar-refractivity contribution in [3.8, 4) is 0 Å². The van der Waals surface area contributed by atoms with E-state index in [2.05, 4.69) is 10.2 Å². The molecule has 15 heavy (non-hydrogen) atoms. The van der Waals surface area contributed by atoms with Gasteiger partial charge in [0.2, 0.25) is 0 Å². The van der Waals surface area contributed by atoms with Gasteiger partial charge in [-0.2, -0.15) is 10.2 Å². The summed E-state index contributed by atoms with van der Waals surface area (Å²) >= 11 is 0. The molecule has 0 heterocycles. The van der Waals surface area contributed by atoms with Crippen molar-refractivity contribution in [2.45, 2.75) is 51.1 Å². The SMILES string of the molecule is CC(C)(N=NC(C)(C)C(N)N)C(N)N.Cl. The molecule has 0 saturated carbocycles. The molecule has 0 atom stereocenters. The van der Waals surface area contributed by atoms with E-state index in [1.807, 2.05) is 0 Å². The first-order chi connectivity index (χ1) is 6.09. The molecule has 0 spiro atoms. The molecular weight excluding hydrogens is 216 g/mol. The van der Waals surface area contributed by atoms with Gasteiger partial charge in [-0.15, -0.1) is 12.4 Å². The lowest BCUT2D eigenvalue weighted by molar-refractivity contribution is 0.342. The van der Waals surface area contributed by atoms with Gasteiger partial charge in [0.1, 0.15) is 11.1 Å². The lowest BCUT2D eigenvalue weighted by Gasteiger charge is -2.27. The number of nitrogens with zero attached hydrogens (tertiary/aromatic N) is 2. The Bertz CT molecular complexity index is 189. The van der Waals surface area contributed by atoms with E-state index in [0.717, 1.165) is 0 Å². The van der Waals surface area contributed by atoms with Crippen LogP contribution in [0.2, 0.25) is 0 Å². The molecule has 0 amide bonds. The van der Waals surface area contributed by atoms with Gasteiger partial charge in [-0.1, -0.05) is 0 Å². The van der Waals surface area contributed by atoms with Crippen molar-refractivity contribution in [1.82, 2.24) is 0 Å². The minimum Gasteiger partial charge on any atom is -0.314 e. The Balaban J connectivity index is 0. The van der Waals surface area contributed by atoms with Gasteiger partial charge < -0.3 is 22.9 Å². The Labute approximate surface area is 97.3 Å². The molecule has 0 aromatic carbocycles. The predicted octanol–water partition coefficient (Wildman–Crippen LogP) is -0.0954. The number of azo groups is 1. The van der Waals surface area contributed by atoms with Crippen LogP contribution in [0.25, 0.3) is 0 Å². The van der Waals surface area contributed by atoms with Crippen molar-refractivity contribution < 1.29 is 0 Å². The van der Waals surface area contributed by atoms with Gasteiger partial charge in [0.15, 0.2) is 0 Å². The largest absolute Gasteiger partial charge is 0.314 e. The quantitative estimate of drug-likeness (QED) is 0.403. The van der Waals surface area contributed by atoms with Gasteiger partial charge in [-0.3, -0.25) is 0 Å². The maximum absolute atomic E-state index is 5.54. The molecule has 0 fully saturated rings. The highest BCUT2D eigenvalue weighted by atomic mass is 35.5. The number of hydrogen-bond acceptors (Lipinski definition) is 6. The van der Waals surface area contributed by atoms with Gasteiger partial charge in [0.05, 0.1) is 12.3 Å². The van der Waals surface area contributed by atoms with Crippen LogP contribution in [0.3, 0.4) is 0 Å². The van der Waals surface area contributed by atoms with E-state index in [0.29, 0.717) is 0 Å². The Morgan fingerprint density at radius 1 is 0.733 bits per heavy atom. The van der Waals surface area contributed by atoms with Crippen molar-refractivity contribution in [1.29, 1.82) is 0 Å². The van der Waals surface area contributed by atoms with Crippen molar-refractivity contribution in [2.75, 3.05) is 0 Å². The second-order valence-corrected chi connectivity index (χ2v) is 4.56. The molecule has 92 valence electrons. The number of rotatable bonds is 4. The van der Waals surface area contributed by atoms with Crippen LogP contribution < -0.4 is 22.9 Å². The molecule has 0 bridgehead atoms. The van der Waals surface area contributed by atoms with E-state index in [4.69, 9.17) is 22.9 Å². The lowest BCUT2D eigenvalue weighted by atomic mass is 10.0. The molecule has 0 aliphatic carbocycles. The van der Waals surface area contributed by atoms with Gasteiger partial charge in [0, 0.05) is 0 Å². The second-order valence-electron chi connectivity index (χ2n) is 4.56. The molecule has 0 aromatic heterocycles. The average molecular weight is 239 g/mol. The van der Waals surface area contributed by atoms with Crippen LogP contribution >= 0.6 is 12.4 Å². The van der Waals surface area contributed by atoms with Gasteiger partial charge >= 0.3 is 0 Å². The lowest BCUT2D eigenvalue weighted by Crippen LogP contribution is -2.51. The van der Waals surface area contributed by atoms with Crippen LogP contribution in [0.1, 0.15) is 27.7 Å². The van der Waals surface area contributed by atoms with Crippen LogP contribution in [0.4, 0.5) is 0 Å². The third-order valence-corrected chi connectivity index (χ3v) is 2.20. The minimum atomic E-state index is -0.605. The summed E-state index contributed by atoms with van der Waals surface area (Å²) in [6, 6.07) is 0. The summed E-state index contributed by atoms with van der Waals surface area (Å²) in [4.78, 5) is 0. The summed E-state index contributed by atoms with van der Waals surface area (Å²) in [6.07, 6.45) is -1.12. The van der Waals surface area contributed by atoms with Crippen molar-refractivity contribution in [3.63, 3.8) is 0 Å². The molecule has 0 rings (SSSR count). The molecule has 0 unspecified atom stereocenters. The van der Waals surface area contributed by atoms with Crippen molar-refractivity contribution in [2.24, 2.45) is 33.2 Å². The van der Waals surface area contributed by atoms with Gasteiger partial charge in [0.25, 0.3) is 0 Å². The van der Waals surface area contributed by atoms with E-state index >= 15 is 0 Å². The highest BCUT2D eigenvalue weighted by molar-refractivity contribution is 5.85. The van der Waals surface area contributed by atoms with Crippen LogP contribution in [0.5, 0.6) is 0 Å². The predicted molar refractivity (Wildman–Crippen MR) is 64.6 cm³/mol. The highest BCUT2D eigenvalue weighted by Crippen LogP contribution is 2.16. The summed E-state index contributed by atoms with van der Waals surface area (Å²) in [7, 11) is 0. The number of halogens is 1. The Morgan fingerprint density at radius 2 is 0.933 bits per heavy atom. The van der Waals surface area contributed by atoms with Crippen molar-refractivity contribution in [3.05, 3.63) is 0 Å². The summed E-state index contributed by atoms with van der Waals surface area (Å²) < 4.78 is 0. The molecule has 0 saturated heterocycles. The summed E-state index contributed by atoms with van der Waals surface area (Å²) in [5.41, 5.74) is 20.9. The minimum absolute atomic E-state index is 0. The zero-order valence-electron chi connectivity index (χ0n) is 9.77. The van der Waals surface area contributed by atoms with Gasteiger partial charge in [-0.05, 0) is 27.7 Å². The maximum atomic E-state index is 5.54. The van der Waals surface area contributed by atoms with Crippen molar-refractivity contribution >= 4 is 12.4 Å². The molecule has 6 nitrogen and oxygen atoms in total. The third-order valence-electron chi connectivity index (χ3n) is 2.20. The Kier molecular flexibility index (Phi) is 6.53. The molecule has 0 aromatic rings. The first-order valence-electron chi connectivity index (χ1n) is 4.56. The zero-order valence-corrected chi connectivity index (χ0v) is 10.6. The van der Waals surface area contributed by atoms with E-state index in [1.165, 1.54) is 0 Å². The van der Waals surface area contributed by atoms with Crippen LogP contribution in [0, 0.1) is 0 Å². The van der Waals surface area contributed by atoms with Gasteiger partial charge in [-0.25, -0.2) is 0 Å². The fourth-order valence-corrected chi connectivity index (χ4v) is 0.391. The average Bonchev–Trinajstić information content (AvgIpc) is 2.01. The maximum Gasteiger partial charge on any atom is 0.104 e. The fourth-order valence-electron chi connectivity index (χ4n) is 0.391. The zero-order chi connectivity index (χ0) is 11.6. The van der Waals surface area contributed by atoms with E-state index in [-0.39, 0.29) is 12.4 Å². The fraction of sp³-hybridized carbons (Fsp3) is 1.00. The van der Waals surface area contributed by atoms with Crippen LogP contribution in [-0.4, -0.2) is 23.4 Å². The monoisotopic (exact) mass is 238 g/mol. The molecular formula is C8H23ClN6. The summed E-state index contributed by atoms with van der Waals surface area (Å²) in [5.74, 6) is 0. The number of nitrogens with two attached hydrogens (primary N) is 4. The standard InChI is InChI=1S/C8H22N6.ClH/c1-7(2,5(9)10)13-14-8(3,4)6(11)12;/h5-6H,9-12H2,1-4H3;1H. The highest BCUT2D eigenvalue weighted by Gasteiger charge is 2.27. The van der Waals surface area contributed by atoms with E-state index in [1.54, 1.807) is 27.7 Å². The molecule has 0 radical (unpaired) electrons. The first kappa shape index (κ1) is 17.1. The normalized spacial score (nSPS) is 13.7. The third kappa shape index (κ3) is 5.39. The van der Waals surface area contributed by atoms with E-state index < -0.39 is 23.4 Å². The Hall–Kier alpha value is -0.270. The Morgan fingerprint density at radius 3 is 1.07 bits per heavy atom. The molecule has 7 heteroatoms. The summed E-state index contributed by atoms with van der Waals surface area (Å²) in [6.45, 7) is 7.22. The smallest absolute Gasteiger partial charge is 0.104 e. The van der Waals surface area contributed by atoms with Crippen LogP contribution in [-0.2, 0) is 0 Å². The van der Waals surface area contributed by atoms with E-state index in [9.17, 15) is 0 Å². The second kappa shape index (κ2) is 5.72. The molecule has 0 aliphatic heterocycles. The topological polar surface area (TPSA) is 129 Å². The molecule has 0 aliphatic rings.